The third-order valence-electron chi connectivity index (χ3n) is 1.96. The van der Waals surface area contributed by atoms with Crippen molar-refractivity contribution >= 4 is 11.6 Å². The maximum absolute atomic E-state index is 10.1. The minimum absolute atomic E-state index is 0.0164. The van der Waals surface area contributed by atoms with Crippen molar-refractivity contribution in [3.05, 3.63) is 47.0 Å². The van der Waals surface area contributed by atoms with Crippen LogP contribution in [0.1, 0.15) is 18.4 Å². The van der Waals surface area contributed by atoms with Gasteiger partial charge in [-0.05, 0) is 37.0 Å². The molecule has 0 atom stereocenters. The molecule has 0 aliphatic heterocycles. The van der Waals surface area contributed by atoms with E-state index in [0.29, 0.717) is 6.42 Å². The predicted molar refractivity (Wildman–Crippen MR) is 59.1 cm³/mol. The summed E-state index contributed by atoms with van der Waals surface area (Å²) in [4.78, 5) is 0. The molecule has 1 rings (SSSR count). The maximum Gasteiger partial charge on any atom is 0.0856 e. The molecule has 1 nitrogen and oxygen atoms in total. The van der Waals surface area contributed by atoms with Crippen LogP contribution in [0.25, 0.3) is 0 Å². The Kier molecular flexibility index (Phi) is 5.35. The standard InChI is InChI=1S/C12H14ClO/c13-12-8-6-11(7-9-12)5-3-1-2-4-10-14/h1-2,6-9H,3-5,10H2. The average Bonchev–Trinajstić information content (AvgIpc) is 2.21. The lowest BCUT2D eigenvalue weighted by Crippen LogP contribution is -1.82. The number of halogens is 1. The van der Waals surface area contributed by atoms with Gasteiger partial charge in [-0.3, -0.25) is 0 Å². The van der Waals surface area contributed by atoms with Crippen molar-refractivity contribution in [2.75, 3.05) is 6.61 Å². The quantitative estimate of drug-likeness (QED) is 0.660. The molecule has 0 aliphatic rings. The van der Waals surface area contributed by atoms with Gasteiger partial charge < -0.3 is 0 Å². The Morgan fingerprint density at radius 3 is 2.36 bits per heavy atom. The summed E-state index contributed by atoms with van der Waals surface area (Å²) < 4.78 is 0. The summed E-state index contributed by atoms with van der Waals surface area (Å²) in [6, 6.07) is 7.87. The van der Waals surface area contributed by atoms with E-state index in [0.717, 1.165) is 17.9 Å². The summed E-state index contributed by atoms with van der Waals surface area (Å²) in [5.74, 6) is 0. The van der Waals surface area contributed by atoms with Crippen molar-refractivity contribution in [1.29, 1.82) is 0 Å². The summed E-state index contributed by atoms with van der Waals surface area (Å²) >= 11 is 5.77. The molecule has 0 unspecified atom stereocenters. The van der Waals surface area contributed by atoms with Crippen LogP contribution in [0.5, 0.6) is 0 Å². The Hall–Kier alpha value is -0.790. The normalized spacial score (nSPS) is 11.0. The topological polar surface area (TPSA) is 19.9 Å². The van der Waals surface area contributed by atoms with E-state index in [1.54, 1.807) is 0 Å². The zero-order chi connectivity index (χ0) is 10.2. The van der Waals surface area contributed by atoms with E-state index in [4.69, 9.17) is 11.6 Å². The molecule has 0 N–H and O–H groups in total. The molecule has 0 bridgehead atoms. The van der Waals surface area contributed by atoms with Gasteiger partial charge >= 0.3 is 0 Å². The minimum atomic E-state index is -0.0164. The Bertz CT molecular complexity index is 277. The number of benzene rings is 1. The van der Waals surface area contributed by atoms with E-state index in [2.05, 4.69) is 6.08 Å². The van der Waals surface area contributed by atoms with Crippen LogP contribution in [-0.4, -0.2) is 6.61 Å². The Morgan fingerprint density at radius 2 is 1.71 bits per heavy atom. The van der Waals surface area contributed by atoms with E-state index >= 15 is 0 Å². The molecule has 1 radical (unpaired) electrons. The first-order valence-electron chi connectivity index (χ1n) is 4.80. The molecule has 0 aliphatic carbocycles. The number of rotatable bonds is 5. The van der Waals surface area contributed by atoms with Crippen LogP contribution in [0, 0.1) is 0 Å². The summed E-state index contributed by atoms with van der Waals surface area (Å²) in [5.41, 5.74) is 1.28. The molecular formula is C12H14ClO. The Balaban J connectivity index is 2.28. The smallest absolute Gasteiger partial charge is 0.0856 e. The molecule has 75 valence electrons. The molecule has 1 aromatic rings. The van der Waals surface area contributed by atoms with Gasteiger partial charge in [-0.2, -0.15) is 0 Å². The van der Waals surface area contributed by atoms with Crippen molar-refractivity contribution < 1.29 is 5.11 Å². The van der Waals surface area contributed by atoms with Gasteiger partial charge in [0.15, 0.2) is 0 Å². The molecule has 0 heterocycles. The highest BCUT2D eigenvalue weighted by Gasteiger charge is 1.90. The molecule has 0 fully saturated rings. The van der Waals surface area contributed by atoms with Gasteiger partial charge in [0, 0.05) is 5.02 Å². The average molecular weight is 210 g/mol. The predicted octanol–water partition coefficient (Wildman–Crippen LogP) is 3.65. The van der Waals surface area contributed by atoms with Gasteiger partial charge in [0.25, 0.3) is 0 Å². The SMILES string of the molecule is [O]CCC=CCCc1ccc(Cl)cc1. The molecule has 2 heteroatoms. The maximum atomic E-state index is 10.1. The number of hydrogen-bond acceptors (Lipinski definition) is 0. The highest BCUT2D eigenvalue weighted by molar-refractivity contribution is 6.30. The van der Waals surface area contributed by atoms with Crippen molar-refractivity contribution in [1.82, 2.24) is 0 Å². The van der Waals surface area contributed by atoms with Crippen LogP contribution in [0.4, 0.5) is 0 Å². The molecule has 0 amide bonds. The number of allylic oxidation sites excluding steroid dienone is 1. The van der Waals surface area contributed by atoms with E-state index in [-0.39, 0.29) is 6.61 Å². The molecule has 0 saturated heterocycles. The molecule has 0 saturated carbocycles. The van der Waals surface area contributed by atoms with Crippen LogP contribution in [0.15, 0.2) is 36.4 Å². The van der Waals surface area contributed by atoms with E-state index < -0.39 is 0 Å². The number of aryl methyl sites for hydroxylation is 1. The summed E-state index contributed by atoms with van der Waals surface area (Å²) in [6.45, 7) is -0.0164. The highest BCUT2D eigenvalue weighted by Crippen LogP contribution is 2.11. The molecule has 14 heavy (non-hydrogen) atoms. The zero-order valence-corrected chi connectivity index (χ0v) is 8.83. The highest BCUT2D eigenvalue weighted by atomic mass is 35.5. The first-order chi connectivity index (χ1) is 6.83. The molecule has 1 aromatic carbocycles. The third kappa shape index (κ3) is 4.45. The summed E-state index contributed by atoms with van der Waals surface area (Å²) in [6.07, 6.45) is 6.64. The largest absolute Gasteiger partial charge is 0.236 e. The van der Waals surface area contributed by atoms with Crippen molar-refractivity contribution in [3.63, 3.8) is 0 Å². The van der Waals surface area contributed by atoms with Gasteiger partial charge in [0.05, 0.1) is 6.61 Å². The Labute approximate surface area is 90.0 Å². The minimum Gasteiger partial charge on any atom is -0.236 e. The zero-order valence-electron chi connectivity index (χ0n) is 8.08. The molecular weight excluding hydrogens is 196 g/mol. The lowest BCUT2D eigenvalue weighted by Gasteiger charge is -1.97. The van der Waals surface area contributed by atoms with E-state index in [1.807, 2.05) is 30.3 Å². The third-order valence-corrected chi connectivity index (χ3v) is 2.22. The lowest BCUT2D eigenvalue weighted by molar-refractivity contribution is 0.199. The molecule has 0 spiro atoms. The van der Waals surface area contributed by atoms with Crippen LogP contribution in [0.3, 0.4) is 0 Å². The van der Waals surface area contributed by atoms with Crippen molar-refractivity contribution in [2.45, 2.75) is 19.3 Å². The van der Waals surface area contributed by atoms with Crippen molar-refractivity contribution in [2.24, 2.45) is 0 Å². The van der Waals surface area contributed by atoms with Gasteiger partial charge in [0.1, 0.15) is 0 Å². The first-order valence-corrected chi connectivity index (χ1v) is 5.18. The fraction of sp³-hybridized carbons (Fsp3) is 0.333. The van der Waals surface area contributed by atoms with Gasteiger partial charge in [-0.25, -0.2) is 5.11 Å². The lowest BCUT2D eigenvalue weighted by atomic mass is 10.1. The van der Waals surface area contributed by atoms with Crippen LogP contribution in [0.2, 0.25) is 5.02 Å². The first kappa shape index (κ1) is 11.3. The Morgan fingerprint density at radius 1 is 1.07 bits per heavy atom. The van der Waals surface area contributed by atoms with Gasteiger partial charge in [-0.1, -0.05) is 35.9 Å². The second kappa shape index (κ2) is 6.63. The summed E-state index contributed by atoms with van der Waals surface area (Å²) in [7, 11) is 0. The van der Waals surface area contributed by atoms with Crippen LogP contribution >= 0.6 is 11.6 Å². The fourth-order valence-electron chi connectivity index (χ4n) is 1.20. The van der Waals surface area contributed by atoms with Gasteiger partial charge in [-0.15, -0.1) is 0 Å². The van der Waals surface area contributed by atoms with Crippen LogP contribution < -0.4 is 0 Å². The van der Waals surface area contributed by atoms with Gasteiger partial charge in [0.2, 0.25) is 0 Å². The van der Waals surface area contributed by atoms with E-state index in [9.17, 15) is 5.11 Å². The van der Waals surface area contributed by atoms with Crippen LogP contribution in [-0.2, 0) is 11.5 Å². The monoisotopic (exact) mass is 209 g/mol. The second-order valence-electron chi connectivity index (χ2n) is 3.13. The summed E-state index contributed by atoms with van der Waals surface area (Å²) in [5, 5.41) is 10.9. The molecule has 0 aromatic heterocycles. The van der Waals surface area contributed by atoms with E-state index in [1.165, 1.54) is 5.56 Å². The number of hydrogen-bond donors (Lipinski definition) is 0. The second-order valence-corrected chi connectivity index (χ2v) is 3.57. The fourth-order valence-corrected chi connectivity index (χ4v) is 1.33. The van der Waals surface area contributed by atoms with Crippen molar-refractivity contribution in [3.8, 4) is 0 Å².